The van der Waals surface area contributed by atoms with Gasteiger partial charge in [-0.05, 0) is 36.2 Å². The van der Waals surface area contributed by atoms with E-state index < -0.39 is 0 Å². The van der Waals surface area contributed by atoms with Gasteiger partial charge in [-0.25, -0.2) is 0 Å². The second-order valence-electron chi connectivity index (χ2n) is 5.53. The molecule has 0 amide bonds. The lowest BCUT2D eigenvalue weighted by Crippen LogP contribution is -2.36. The Bertz CT molecular complexity index is 725. The molecule has 1 heterocycles. The summed E-state index contributed by atoms with van der Waals surface area (Å²) in [6.45, 7) is 3.50. The van der Waals surface area contributed by atoms with Crippen molar-refractivity contribution in [3.63, 3.8) is 0 Å². The molecule has 1 aromatic heterocycles. The molecular formula is C19H28IN3O3S. The minimum absolute atomic E-state index is 0. The predicted molar refractivity (Wildman–Crippen MR) is 122 cm³/mol. The highest BCUT2D eigenvalue weighted by atomic mass is 127. The highest BCUT2D eigenvalue weighted by Gasteiger charge is 2.13. The molecular weight excluding hydrogens is 477 g/mol. The SMILES string of the molecule is CCc1ccc(CNC(=NC)NCc2cc(OC)c(OC)c(OC)c2)s1.I. The van der Waals surface area contributed by atoms with Gasteiger partial charge in [0.2, 0.25) is 5.75 Å². The van der Waals surface area contributed by atoms with Gasteiger partial charge in [-0.1, -0.05) is 6.92 Å². The zero-order valence-electron chi connectivity index (χ0n) is 16.4. The Morgan fingerprint density at radius 3 is 2.04 bits per heavy atom. The molecule has 0 fully saturated rings. The van der Waals surface area contributed by atoms with Crippen molar-refractivity contribution in [1.82, 2.24) is 10.6 Å². The van der Waals surface area contributed by atoms with Crippen LogP contribution in [0.15, 0.2) is 29.3 Å². The number of guanidine groups is 1. The van der Waals surface area contributed by atoms with Crippen molar-refractivity contribution in [3.8, 4) is 17.2 Å². The van der Waals surface area contributed by atoms with Crippen LogP contribution in [0.4, 0.5) is 0 Å². The zero-order chi connectivity index (χ0) is 18.9. The molecule has 2 aromatic rings. The largest absolute Gasteiger partial charge is 0.493 e. The summed E-state index contributed by atoms with van der Waals surface area (Å²) < 4.78 is 16.1. The monoisotopic (exact) mass is 505 g/mol. The molecule has 0 radical (unpaired) electrons. The number of methoxy groups -OCH3 is 3. The molecule has 2 rings (SSSR count). The second-order valence-corrected chi connectivity index (χ2v) is 6.79. The lowest BCUT2D eigenvalue weighted by Gasteiger charge is -2.15. The van der Waals surface area contributed by atoms with E-state index in [1.807, 2.05) is 23.5 Å². The topological polar surface area (TPSA) is 64.1 Å². The molecule has 0 unspecified atom stereocenters. The Kier molecular flexibility index (Phi) is 10.3. The van der Waals surface area contributed by atoms with Crippen molar-refractivity contribution in [3.05, 3.63) is 39.6 Å². The number of aliphatic imine (C=N–C) groups is 1. The first-order valence-electron chi connectivity index (χ1n) is 8.46. The smallest absolute Gasteiger partial charge is 0.203 e. The van der Waals surface area contributed by atoms with Gasteiger partial charge in [0.05, 0.1) is 27.9 Å². The van der Waals surface area contributed by atoms with Gasteiger partial charge in [-0.2, -0.15) is 0 Å². The van der Waals surface area contributed by atoms with Crippen molar-refractivity contribution in [2.24, 2.45) is 4.99 Å². The maximum Gasteiger partial charge on any atom is 0.203 e. The Labute approximate surface area is 182 Å². The number of halogens is 1. The quantitative estimate of drug-likeness (QED) is 0.325. The Balaban J connectivity index is 0.00000364. The molecule has 2 N–H and O–H groups in total. The van der Waals surface area contributed by atoms with E-state index in [0.717, 1.165) is 24.5 Å². The van der Waals surface area contributed by atoms with Crippen molar-refractivity contribution in [2.45, 2.75) is 26.4 Å². The van der Waals surface area contributed by atoms with Crippen LogP contribution in [0.1, 0.15) is 22.2 Å². The molecule has 0 bridgehead atoms. The van der Waals surface area contributed by atoms with Crippen LogP contribution < -0.4 is 24.8 Å². The van der Waals surface area contributed by atoms with Crippen molar-refractivity contribution < 1.29 is 14.2 Å². The second kappa shape index (κ2) is 11.9. The van der Waals surface area contributed by atoms with Gasteiger partial charge in [0, 0.05) is 23.3 Å². The fourth-order valence-corrected chi connectivity index (χ4v) is 3.42. The third kappa shape index (κ3) is 6.46. The molecule has 1 aromatic carbocycles. The summed E-state index contributed by atoms with van der Waals surface area (Å²) in [4.78, 5) is 6.96. The van der Waals surface area contributed by atoms with Crippen molar-refractivity contribution in [1.29, 1.82) is 0 Å². The van der Waals surface area contributed by atoms with E-state index in [2.05, 4.69) is 34.7 Å². The standard InChI is InChI=1S/C19H27N3O3S.HI/c1-6-14-7-8-15(26-14)12-22-19(20-2)21-11-13-9-16(23-3)18(25-5)17(10-13)24-4;/h7-10H,6,11-12H2,1-5H3,(H2,20,21,22);1H. The fourth-order valence-electron chi connectivity index (χ4n) is 2.52. The summed E-state index contributed by atoms with van der Waals surface area (Å²) >= 11 is 1.82. The van der Waals surface area contributed by atoms with Gasteiger partial charge in [-0.3, -0.25) is 4.99 Å². The highest BCUT2D eigenvalue weighted by Crippen LogP contribution is 2.38. The maximum atomic E-state index is 5.39. The molecule has 0 aliphatic heterocycles. The summed E-state index contributed by atoms with van der Waals surface area (Å²) in [5.74, 6) is 2.60. The molecule has 6 nitrogen and oxygen atoms in total. The number of ether oxygens (including phenoxy) is 3. The third-order valence-electron chi connectivity index (χ3n) is 3.90. The van der Waals surface area contributed by atoms with E-state index in [4.69, 9.17) is 14.2 Å². The summed E-state index contributed by atoms with van der Waals surface area (Å²) in [5, 5.41) is 6.64. The first-order chi connectivity index (χ1) is 12.6. The zero-order valence-corrected chi connectivity index (χ0v) is 19.6. The Morgan fingerprint density at radius 2 is 1.56 bits per heavy atom. The number of aryl methyl sites for hydroxylation is 1. The molecule has 0 saturated carbocycles. The van der Waals surface area contributed by atoms with Crippen LogP contribution in [0.5, 0.6) is 17.2 Å². The maximum absolute atomic E-state index is 5.39. The van der Waals surface area contributed by atoms with E-state index in [0.29, 0.717) is 23.8 Å². The molecule has 0 saturated heterocycles. The van der Waals surface area contributed by atoms with Crippen molar-refractivity contribution in [2.75, 3.05) is 28.4 Å². The Morgan fingerprint density at radius 1 is 0.963 bits per heavy atom. The lowest BCUT2D eigenvalue weighted by molar-refractivity contribution is 0.323. The van der Waals surface area contributed by atoms with Crippen LogP contribution in [0.3, 0.4) is 0 Å². The third-order valence-corrected chi connectivity index (χ3v) is 5.13. The minimum Gasteiger partial charge on any atom is -0.493 e. The van der Waals surface area contributed by atoms with Crippen LogP contribution >= 0.6 is 35.3 Å². The summed E-state index contributed by atoms with van der Waals surface area (Å²) in [5.41, 5.74) is 1.01. The molecule has 0 aliphatic rings. The van der Waals surface area contributed by atoms with Crippen LogP contribution in [-0.4, -0.2) is 34.3 Å². The van der Waals surface area contributed by atoms with Gasteiger partial charge in [0.1, 0.15) is 0 Å². The number of nitrogens with zero attached hydrogens (tertiary/aromatic N) is 1. The highest BCUT2D eigenvalue weighted by molar-refractivity contribution is 14.0. The summed E-state index contributed by atoms with van der Waals surface area (Å²) in [6, 6.07) is 8.18. The first kappa shape index (κ1) is 23.4. The molecule has 27 heavy (non-hydrogen) atoms. The molecule has 150 valence electrons. The lowest BCUT2D eigenvalue weighted by atomic mass is 10.2. The average Bonchev–Trinajstić information content (AvgIpc) is 3.15. The van der Waals surface area contributed by atoms with E-state index in [-0.39, 0.29) is 24.0 Å². The van der Waals surface area contributed by atoms with Gasteiger partial charge in [0.15, 0.2) is 17.5 Å². The van der Waals surface area contributed by atoms with E-state index >= 15 is 0 Å². The number of hydrogen-bond donors (Lipinski definition) is 2. The van der Waals surface area contributed by atoms with Crippen LogP contribution in [0.25, 0.3) is 0 Å². The molecule has 0 aliphatic carbocycles. The van der Waals surface area contributed by atoms with Crippen LogP contribution in [0, 0.1) is 0 Å². The van der Waals surface area contributed by atoms with E-state index in [9.17, 15) is 0 Å². The van der Waals surface area contributed by atoms with Gasteiger partial charge < -0.3 is 24.8 Å². The summed E-state index contributed by atoms with van der Waals surface area (Å²) in [6.07, 6.45) is 1.07. The number of thiophene rings is 1. The van der Waals surface area contributed by atoms with E-state index in [1.165, 1.54) is 9.75 Å². The van der Waals surface area contributed by atoms with Gasteiger partial charge >= 0.3 is 0 Å². The molecule has 8 heteroatoms. The summed E-state index contributed by atoms with van der Waals surface area (Å²) in [7, 11) is 6.58. The number of benzene rings is 1. The van der Waals surface area contributed by atoms with Gasteiger partial charge in [-0.15, -0.1) is 35.3 Å². The molecule has 0 spiro atoms. The first-order valence-corrected chi connectivity index (χ1v) is 9.27. The minimum atomic E-state index is 0. The Hall–Kier alpha value is -1.68. The molecule has 0 atom stereocenters. The van der Waals surface area contributed by atoms with E-state index in [1.54, 1.807) is 28.4 Å². The fraction of sp³-hybridized carbons (Fsp3) is 0.421. The van der Waals surface area contributed by atoms with Crippen LogP contribution in [0.2, 0.25) is 0 Å². The number of rotatable bonds is 8. The van der Waals surface area contributed by atoms with Crippen molar-refractivity contribution >= 4 is 41.3 Å². The van der Waals surface area contributed by atoms with Crippen LogP contribution in [-0.2, 0) is 19.5 Å². The normalized spacial score (nSPS) is 10.8. The predicted octanol–water partition coefficient (Wildman–Crippen LogP) is 3.82. The number of nitrogens with one attached hydrogen (secondary N) is 2. The number of hydrogen-bond acceptors (Lipinski definition) is 5. The average molecular weight is 505 g/mol. The van der Waals surface area contributed by atoms with Gasteiger partial charge in [0.25, 0.3) is 0 Å².